The fraction of sp³-hybridized carbons (Fsp3) is 0.200. The number of rotatable bonds is 4. The Morgan fingerprint density at radius 2 is 1.85 bits per heavy atom. The van der Waals surface area contributed by atoms with Gasteiger partial charge in [-0.1, -0.05) is 17.7 Å². The minimum atomic E-state index is -0.145. The third-order valence-corrected chi connectivity index (χ3v) is 4.70. The highest BCUT2D eigenvalue weighted by molar-refractivity contribution is 6.31. The summed E-state index contributed by atoms with van der Waals surface area (Å²) >= 11 is 6.16. The fourth-order valence-corrected chi connectivity index (χ4v) is 3.01. The molecular weight excluding hydrogens is 350 g/mol. The minimum absolute atomic E-state index is 0.145. The second-order valence-electron chi connectivity index (χ2n) is 6.03. The molecule has 0 amide bonds. The van der Waals surface area contributed by atoms with Crippen molar-refractivity contribution in [3.63, 3.8) is 0 Å². The summed E-state index contributed by atoms with van der Waals surface area (Å²) < 4.78 is 6.67. The van der Waals surface area contributed by atoms with Crippen LogP contribution >= 0.6 is 11.6 Å². The quantitative estimate of drug-likeness (QED) is 0.684. The van der Waals surface area contributed by atoms with E-state index in [0.717, 1.165) is 28.4 Å². The zero-order chi connectivity index (χ0) is 18.8. The lowest BCUT2D eigenvalue weighted by atomic mass is 10.1. The number of nitrogens with zero attached hydrogens (tertiary/aromatic N) is 2. The number of hydrogen-bond donors (Lipinski definition) is 1. The summed E-state index contributed by atoms with van der Waals surface area (Å²) in [6, 6.07) is 12.8. The highest BCUT2D eigenvalue weighted by Crippen LogP contribution is 2.26. The maximum Gasteiger partial charge on any atom is 0.280 e. The molecule has 0 unspecified atom stereocenters. The fourth-order valence-electron chi connectivity index (χ4n) is 2.84. The monoisotopic (exact) mass is 369 g/mol. The van der Waals surface area contributed by atoms with Gasteiger partial charge in [0.1, 0.15) is 5.75 Å². The first kappa shape index (κ1) is 18.0. The molecule has 0 fully saturated rings. The van der Waals surface area contributed by atoms with Crippen LogP contribution in [-0.2, 0) is 0 Å². The first-order valence-electron chi connectivity index (χ1n) is 8.19. The van der Waals surface area contributed by atoms with Gasteiger partial charge in [0.25, 0.3) is 5.56 Å². The van der Waals surface area contributed by atoms with Gasteiger partial charge in [0.2, 0.25) is 0 Å². The number of ether oxygens (including phenoxy) is 1. The maximum absolute atomic E-state index is 12.9. The van der Waals surface area contributed by atoms with E-state index in [1.807, 2.05) is 63.2 Å². The Balaban J connectivity index is 2.06. The van der Waals surface area contributed by atoms with E-state index >= 15 is 0 Å². The van der Waals surface area contributed by atoms with Gasteiger partial charge in [-0.15, -0.1) is 0 Å². The maximum atomic E-state index is 12.9. The summed E-state index contributed by atoms with van der Waals surface area (Å²) in [6.45, 7) is 5.60. The van der Waals surface area contributed by atoms with E-state index in [4.69, 9.17) is 16.3 Å². The van der Waals surface area contributed by atoms with Crippen LogP contribution in [0.4, 0.5) is 5.69 Å². The van der Waals surface area contributed by atoms with Crippen molar-refractivity contribution in [2.45, 2.75) is 20.8 Å². The van der Waals surface area contributed by atoms with Gasteiger partial charge in [-0.25, -0.2) is 4.68 Å². The number of benzene rings is 2. The molecule has 3 rings (SSSR count). The van der Waals surface area contributed by atoms with Crippen LogP contribution in [0.1, 0.15) is 23.7 Å². The van der Waals surface area contributed by atoms with Crippen molar-refractivity contribution >= 4 is 23.0 Å². The molecule has 1 aromatic heterocycles. The average molecular weight is 370 g/mol. The van der Waals surface area contributed by atoms with E-state index in [0.29, 0.717) is 16.3 Å². The molecule has 3 aromatic rings. The lowest BCUT2D eigenvalue weighted by molar-refractivity contribution is 0.414. The van der Waals surface area contributed by atoms with Crippen molar-refractivity contribution < 1.29 is 4.74 Å². The Kier molecular flexibility index (Phi) is 5.00. The Labute approximate surface area is 156 Å². The number of halogens is 1. The number of aliphatic imine (C=N–C) groups is 1. The molecule has 134 valence electrons. The van der Waals surface area contributed by atoms with Crippen molar-refractivity contribution in [3.8, 4) is 11.4 Å². The number of aryl methyl sites for hydroxylation is 1. The molecule has 2 aromatic carbocycles. The molecule has 0 saturated carbocycles. The molecule has 0 bridgehead atoms. The second-order valence-corrected chi connectivity index (χ2v) is 6.44. The van der Waals surface area contributed by atoms with Crippen molar-refractivity contribution in [1.29, 1.82) is 0 Å². The van der Waals surface area contributed by atoms with Gasteiger partial charge in [0.05, 0.1) is 29.8 Å². The van der Waals surface area contributed by atoms with Gasteiger partial charge >= 0.3 is 0 Å². The van der Waals surface area contributed by atoms with E-state index < -0.39 is 0 Å². The topological polar surface area (TPSA) is 59.4 Å². The third-order valence-electron chi connectivity index (χ3n) is 4.29. The van der Waals surface area contributed by atoms with E-state index in [9.17, 15) is 4.79 Å². The first-order chi connectivity index (χ1) is 12.4. The van der Waals surface area contributed by atoms with Crippen molar-refractivity contribution in [3.05, 3.63) is 74.7 Å². The van der Waals surface area contributed by atoms with Gasteiger partial charge < -0.3 is 4.74 Å². The standard InChI is InChI=1S/C20H20ClN3O2/c1-12-17(21)6-5-7-18(12)22-13(2)19-14(3)23-24(20(19)25)15-8-10-16(26-4)11-9-15/h5-11,23H,1-4H3. The molecule has 0 saturated heterocycles. The van der Waals surface area contributed by atoms with Gasteiger partial charge in [0, 0.05) is 10.7 Å². The zero-order valence-electron chi connectivity index (χ0n) is 15.1. The number of nitrogens with one attached hydrogen (secondary N) is 1. The Bertz CT molecular complexity index is 1030. The number of aromatic nitrogens is 2. The highest BCUT2D eigenvalue weighted by atomic mass is 35.5. The zero-order valence-corrected chi connectivity index (χ0v) is 15.9. The van der Waals surface area contributed by atoms with Crippen LogP contribution in [0.3, 0.4) is 0 Å². The lowest BCUT2D eigenvalue weighted by Crippen LogP contribution is -2.19. The summed E-state index contributed by atoms with van der Waals surface area (Å²) in [6.07, 6.45) is 0. The van der Waals surface area contributed by atoms with Crippen LogP contribution < -0.4 is 10.3 Å². The first-order valence-corrected chi connectivity index (χ1v) is 8.57. The molecule has 1 heterocycles. The smallest absolute Gasteiger partial charge is 0.280 e. The number of aromatic amines is 1. The van der Waals surface area contributed by atoms with Crippen LogP contribution in [0, 0.1) is 13.8 Å². The highest BCUT2D eigenvalue weighted by Gasteiger charge is 2.15. The Morgan fingerprint density at radius 3 is 2.50 bits per heavy atom. The Hall–Kier alpha value is -2.79. The molecule has 0 aliphatic carbocycles. The Morgan fingerprint density at radius 1 is 1.15 bits per heavy atom. The second kappa shape index (κ2) is 7.22. The van der Waals surface area contributed by atoms with Crippen LogP contribution in [0.15, 0.2) is 52.3 Å². The summed E-state index contributed by atoms with van der Waals surface area (Å²) in [5.74, 6) is 0.736. The largest absolute Gasteiger partial charge is 0.497 e. The molecule has 6 heteroatoms. The molecule has 0 spiro atoms. The average Bonchev–Trinajstić information content (AvgIpc) is 2.93. The van der Waals surface area contributed by atoms with Crippen molar-refractivity contribution in [2.75, 3.05) is 7.11 Å². The van der Waals surface area contributed by atoms with Crippen LogP contribution in [0.5, 0.6) is 5.75 Å². The molecule has 26 heavy (non-hydrogen) atoms. The molecular formula is C20H20ClN3O2. The minimum Gasteiger partial charge on any atom is -0.497 e. The number of hydrogen-bond acceptors (Lipinski definition) is 3. The summed E-state index contributed by atoms with van der Waals surface area (Å²) in [4.78, 5) is 17.5. The van der Waals surface area contributed by atoms with Crippen LogP contribution in [0.2, 0.25) is 5.02 Å². The van der Waals surface area contributed by atoms with Crippen LogP contribution in [-0.4, -0.2) is 22.6 Å². The molecule has 0 aliphatic rings. The normalized spacial score (nSPS) is 11.7. The van der Waals surface area contributed by atoms with Gasteiger partial charge in [-0.3, -0.25) is 14.9 Å². The SMILES string of the molecule is COc1ccc(-n2[nH]c(C)c(C(C)=Nc3cccc(Cl)c3C)c2=O)cc1. The van der Waals surface area contributed by atoms with E-state index in [2.05, 4.69) is 10.1 Å². The van der Waals surface area contributed by atoms with Crippen molar-refractivity contribution in [1.82, 2.24) is 9.78 Å². The van der Waals surface area contributed by atoms with E-state index in [1.54, 1.807) is 7.11 Å². The third kappa shape index (κ3) is 3.30. The summed E-state index contributed by atoms with van der Waals surface area (Å²) in [7, 11) is 1.61. The van der Waals surface area contributed by atoms with Gasteiger partial charge in [-0.05, 0) is 62.7 Å². The predicted octanol–water partition coefficient (Wildman–Crippen LogP) is 4.59. The molecule has 0 atom stereocenters. The van der Waals surface area contributed by atoms with Gasteiger partial charge in [0.15, 0.2) is 0 Å². The summed E-state index contributed by atoms with van der Waals surface area (Å²) in [5, 5.41) is 3.77. The van der Waals surface area contributed by atoms with E-state index in [-0.39, 0.29) is 5.56 Å². The lowest BCUT2D eigenvalue weighted by Gasteiger charge is -2.04. The molecule has 0 radical (unpaired) electrons. The van der Waals surface area contributed by atoms with Gasteiger partial charge in [-0.2, -0.15) is 0 Å². The number of methoxy groups -OCH3 is 1. The molecule has 0 aliphatic heterocycles. The van der Waals surface area contributed by atoms with Crippen LogP contribution in [0.25, 0.3) is 5.69 Å². The molecule has 5 nitrogen and oxygen atoms in total. The van der Waals surface area contributed by atoms with Crippen molar-refractivity contribution in [2.24, 2.45) is 4.99 Å². The number of H-pyrrole nitrogens is 1. The van der Waals surface area contributed by atoms with E-state index in [1.165, 1.54) is 4.68 Å². The summed E-state index contributed by atoms with van der Waals surface area (Å²) in [5.41, 5.74) is 4.18. The molecule has 1 N–H and O–H groups in total. The predicted molar refractivity (Wildman–Crippen MR) is 106 cm³/mol.